The van der Waals surface area contributed by atoms with E-state index in [4.69, 9.17) is 9.15 Å². The second kappa shape index (κ2) is 9.60. The largest absolute Gasteiger partial charge is 0.465 e. The molecule has 3 rings (SSSR count). The fourth-order valence-electron chi connectivity index (χ4n) is 3.48. The summed E-state index contributed by atoms with van der Waals surface area (Å²) in [6, 6.07) is 5.48. The number of ether oxygens (including phenoxy) is 1. The minimum Gasteiger partial charge on any atom is -0.465 e. The van der Waals surface area contributed by atoms with Gasteiger partial charge in [0.25, 0.3) is 0 Å². The molecule has 0 spiro atoms. The summed E-state index contributed by atoms with van der Waals surface area (Å²) in [5.41, 5.74) is 0.379. The first kappa shape index (κ1) is 21.6. The third-order valence-electron chi connectivity index (χ3n) is 4.89. The van der Waals surface area contributed by atoms with Crippen LogP contribution in [-0.4, -0.2) is 44.7 Å². The first-order valence-electron chi connectivity index (χ1n) is 9.84. The van der Waals surface area contributed by atoms with Crippen LogP contribution in [0.15, 0.2) is 33.7 Å². The second-order valence-corrected chi connectivity index (χ2v) is 7.02. The van der Waals surface area contributed by atoms with Crippen LogP contribution in [0.4, 0.5) is 14.5 Å². The summed E-state index contributed by atoms with van der Waals surface area (Å²) in [6.07, 6.45) is 0.713. The van der Waals surface area contributed by atoms with Crippen LogP contribution in [-0.2, 0) is 11.3 Å². The van der Waals surface area contributed by atoms with Crippen LogP contribution in [0.25, 0.3) is 0 Å². The van der Waals surface area contributed by atoms with Gasteiger partial charge in [-0.25, -0.2) is 18.6 Å². The Kier molecular flexibility index (Phi) is 6.91. The van der Waals surface area contributed by atoms with Gasteiger partial charge in [0.05, 0.1) is 7.11 Å². The zero-order chi connectivity index (χ0) is 21.7. The van der Waals surface area contributed by atoms with Crippen molar-refractivity contribution in [3.8, 4) is 0 Å². The van der Waals surface area contributed by atoms with Gasteiger partial charge in [0.1, 0.15) is 41.0 Å². The summed E-state index contributed by atoms with van der Waals surface area (Å²) < 4.78 is 38.4. The van der Waals surface area contributed by atoms with Crippen molar-refractivity contribution >= 4 is 17.6 Å². The van der Waals surface area contributed by atoms with Gasteiger partial charge in [0, 0.05) is 25.7 Å². The van der Waals surface area contributed by atoms with Crippen LogP contribution in [0.1, 0.15) is 35.2 Å². The fourth-order valence-corrected chi connectivity index (χ4v) is 3.48. The predicted octanol–water partition coefficient (Wildman–Crippen LogP) is 2.99. The number of nitrogens with one attached hydrogen (secondary N) is 2. The van der Waals surface area contributed by atoms with Gasteiger partial charge in [0.15, 0.2) is 5.96 Å². The average molecular weight is 420 g/mol. The molecule has 30 heavy (non-hydrogen) atoms. The van der Waals surface area contributed by atoms with Crippen LogP contribution in [0.3, 0.4) is 0 Å². The van der Waals surface area contributed by atoms with Crippen molar-refractivity contribution in [1.29, 1.82) is 0 Å². The number of rotatable bonds is 6. The van der Waals surface area contributed by atoms with E-state index < -0.39 is 17.6 Å². The SMILES string of the molecule is CCNC(=NCc1cc(C(=O)OC)c(C)o1)NC1CCN(c2c(F)cccc2F)C1. The van der Waals surface area contributed by atoms with Crippen molar-refractivity contribution in [1.82, 2.24) is 10.6 Å². The number of halogens is 2. The van der Waals surface area contributed by atoms with Crippen LogP contribution in [0.5, 0.6) is 0 Å². The van der Waals surface area contributed by atoms with Gasteiger partial charge in [-0.05, 0) is 38.5 Å². The molecule has 1 saturated heterocycles. The molecule has 162 valence electrons. The number of aliphatic imine (C=N–C) groups is 1. The normalized spacial score (nSPS) is 16.6. The number of nitrogens with zero attached hydrogens (tertiary/aromatic N) is 2. The van der Waals surface area contributed by atoms with Crippen LogP contribution >= 0.6 is 0 Å². The molecule has 1 fully saturated rings. The second-order valence-electron chi connectivity index (χ2n) is 7.02. The third kappa shape index (κ3) is 4.90. The fraction of sp³-hybridized carbons (Fsp3) is 0.429. The van der Waals surface area contributed by atoms with Gasteiger partial charge >= 0.3 is 5.97 Å². The van der Waals surface area contributed by atoms with Crippen LogP contribution in [0.2, 0.25) is 0 Å². The summed E-state index contributed by atoms with van der Waals surface area (Å²) in [6.45, 7) is 5.50. The molecule has 1 aliphatic rings. The summed E-state index contributed by atoms with van der Waals surface area (Å²) in [7, 11) is 1.32. The Labute approximate surface area is 174 Å². The maximum Gasteiger partial charge on any atom is 0.341 e. The Bertz CT molecular complexity index is 909. The van der Waals surface area contributed by atoms with E-state index >= 15 is 0 Å². The van der Waals surface area contributed by atoms with Crippen molar-refractivity contribution in [3.63, 3.8) is 0 Å². The van der Waals surface area contributed by atoms with Gasteiger partial charge in [-0.1, -0.05) is 6.07 Å². The number of hydrogen-bond acceptors (Lipinski definition) is 5. The summed E-state index contributed by atoms with van der Waals surface area (Å²) >= 11 is 0. The molecular weight excluding hydrogens is 394 g/mol. The number of benzene rings is 1. The maximum atomic E-state index is 14.1. The van der Waals surface area contributed by atoms with E-state index in [2.05, 4.69) is 15.6 Å². The Hall–Kier alpha value is -3.10. The Morgan fingerprint density at radius 2 is 2.10 bits per heavy atom. The number of aryl methyl sites for hydroxylation is 1. The number of anilines is 1. The molecule has 0 radical (unpaired) electrons. The highest BCUT2D eigenvalue weighted by molar-refractivity contribution is 5.90. The monoisotopic (exact) mass is 420 g/mol. The van der Waals surface area contributed by atoms with E-state index in [9.17, 15) is 13.6 Å². The number of furan rings is 1. The number of esters is 1. The molecule has 0 amide bonds. The molecule has 0 aliphatic carbocycles. The quantitative estimate of drug-likeness (QED) is 0.425. The molecule has 1 aliphatic heterocycles. The van der Waals surface area contributed by atoms with Crippen molar-refractivity contribution in [3.05, 3.63) is 53.0 Å². The molecule has 9 heteroatoms. The minimum atomic E-state index is -0.564. The first-order chi connectivity index (χ1) is 14.4. The Morgan fingerprint density at radius 1 is 1.37 bits per heavy atom. The highest BCUT2D eigenvalue weighted by Crippen LogP contribution is 2.26. The molecule has 0 saturated carbocycles. The summed E-state index contributed by atoms with van der Waals surface area (Å²) in [5, 5.41) is 6.45. The number of hydrogen-bond donors (Lipinski definition) is 2. The van der Waals surface area contributed by atoms with Crippen LogP contribution < -0.4 is 15.5 Å². The number of para-hydroxylation sites is 1. The highest BCUT2D eigenvalue weighted by Gasteiger charge is 2.27. The molecule has 1 atom stereocenters. The lowest BCUT2D eigenvalue weighted by Gasteiger charge is -2.21. The van der Waals surface area contributed by atoms with E-state index in [-0.39, 0.29) is 18.3 Å². The molecule has 2 heterocycles. The third-order valence-corrected chi connectivity index (χ3v) is 4.89. The summed E-state index contributed by atoms with van der Waals surface area (Å²) in [5.74, 6) is -0.0125. The van der Waals surface area contributed by atoms with Gasteiger partial charge in [0.2, 0.25) is 0 Å². The summed E-state index contributed by atoms with van der Waals surface area (Å²) in [4.78, 5) is 17.9. The molecule has 7 nitrogen and oxygen atoms in total. The number of methoxy groups -OCH3 is 1. The number of guanidine groups is 1. The minimum absolute atomic E-state index is 0.00476. The highest BCUT2D eigenvalue weighted by atomic mass is 19.1. The van der Waals surface area contributed by atoms with E-state index in [1.165, 1.54) is 25.3 Å². The predicted molar refractivity (Wildman–Crippen MR) is 110 cm³/mol. The van der Waals surface area contributed by atoms with E-state index in [0.717, 1.165) is 0 Å². The van der Waals surface area contributed by atoms with Gasteiger partial charge in [-0.15, -0.1) is 0 Å². The van der Waals surface area contributed by atoms with E-state index in [0.29, 0.717) is 49.1 Å². The van der Waals surface area contributed by atoms with Gasteiger partial charge < -0.3 is 24.7 Å². The number of carbonyl (C=O) groups is 1. The van der Waals surface area contributed by atoms with E-state index in [1.54, 1.807) is 17.9 Å². The number of carbonyl (C=O) groups excluding carboxylic acids is 1. The maximum absolute atomic E-state index is 14.1. The molecular formula is C21H26F2N4O3. The molecule has 2 N–H and O–H groups in total. The lowest BCUT2D eigenvalue weighted by molar-refractivity contribution is 0.0599. The standard InChI is InChI=1S/C21H26F2N4O3/c1-4-24-21(25-11-15-10-16(13(2)30-15)20(28)29-3)26-14-8-9-27(12-14)19-17(22)6-5-7-18(19)23/h5-7,10,14H,4,8-9,11-12H2,1-3H3,(H2,24,25,26). The lowest BCUT2D eigenvalue weighted by atomic mass is 10.2. The first-order valence-corrected chi connectivity index (χ1v) is 9.84. The Balaban J connectivity index is 1.65. The molecule has 1 unspecified atom stereocenters. The van der Waals surface area contributed by atoms with Crippen molar-refractivity contribution in [2.75, 3.05) is 31.6 Å². The van der Waals surface area contributed by atoms with Crippen molar-refractivity contribution in [2.45, 2.75) is 32.9 Å². The average Bonchev–Trinajstić information content (AvgIpc) is 3.32. The molecule has 2 aromatic rings. The van der Waals surface area contributed by atoms with Gasteiger partial charge in [-0.3, -0.25) is 0 Å². The van der Waals surface area contributed by atoms with Crippen LogP contribution in [0, 0.1) is 18.6 Å². The van der Waals surface area contributed by atoms with Gasteiger partial charge in [-0.2, -0.15) is 0 Å². The zero-order valence-electron chi connectivity index (χ0n) is 17.3. The van der Waals surface area contributed by atoms with Crippen molar-refractivity contribution < 1.29 is 22.7 Å². The van der Waals surface area contributed by atoms with E-state index in [1.807, 2.05) is 6.92 Å². The molecule has 1 aromatic heterocycles. The Morgan fingerprint density at radius 3 is 2.77 bits per heavy atom. The lowest BCUT2D eigenvalue weighted by Crippen LogP contribution is -2.44. The topological polar surface area (TPSA) is 79.1 Å². The smallest absolute Gasteiger partial charge is 0.341 e. The van der Waals surface area contributed by atoms with Crippen molar-refractivity contribution in [2.24, 2.45) is 4.99 Å². The molecule has 1 aromatic carbocycles. The zero-order valence-corrected chi connectivity index (χ0v) is 17.3. The molecule has 0 bridgehead atoms.